The zero-order valence-electron chi connectivity index (χ0n) is 9.53. The number of hydrogen-bond donors (Lipinski definition) is 1. The van der Waals surface area contributed by atoms with Crippen LogP contribution in [0.1, 0.15) is 24.6 Å². The van der Waals surface area contributed by atoms with Gasteiger partial charge in [-0.05, 0) is 31.0 Å². The van der Waals surface area contributed by atoms with E-state index in [1.54, 1.807) is 6.07 Å². The highest BCUT2D eigenvalue weighted by Crippen LogP contribution is 2.39. The fourth-order valence-electron chi connectivity index (χ4n) is 1.74. The van der Waals surface area contributed by atoms with Crippen LogP contribution in [0.4, 0.5) is 11.5 Å². The van der Waals surface area contributed by atoms with E-state index in [0.29, 0.717) is 11.1 Å². The molecule has 1 aliphatic carbocycles. The molecule has 3 nitrogen and oxygen atoms in total. The van der Waals surface area contributed by atoms with E-state index in [4.69, 9.17) is 11.6 Å². The Morgan fingerprint density at radius 1 is 1.22 bits per heavy atom. The summed E-state index contributed by atoms with van der Waals surface area (Å²) < 4.78 is 1.02. The predicted octanol–water partition coefficient (Wildman–Crippen LogP) is 4.51. The number of nitrogens with zero attached hydrogens (tertiary/aromatic N) is 2. The molecule has 0 spiro atoms. The van der Waals surface area contributed by atoms with Gasteiger partial charge in [0.1, 0.15) is 16.8 Å². The van der Waals surface area contributed by atoms with Crippen LogP contribution in [-0.4, -0.2) is 9.97 Å². The Kier molecular flexibility index (Phi) is 3.22. The highest BCUT2D eigenvalue weighted by molar-refractivity contribution is 9.10. The van der Waals surface area contributed by atoms with E-state index in [9.17, 15) is 0 Å². The summed E-state index contributed by atoms with van der Waals surface area (Å²) in [6.45, 7) is 0. The van der Waals surface area contributed by atoms with E-state index in [0.717, 1.165) is 34.6 Å². The van der Waals surface area contributed by atoms with Crippen LogP contribution in [0.3, 0.4) is 0 Å². The maximum absolute atomic E-state index is 6.02. The van der Waals surface area contributed by atoms with Gasteiger partial charge in [-0.1, -0.05) is 33.6 Å². The van der Waals surface area contributed by atoms with Gasteiger partial charge in [0.05, 0.1) is 0 Å². The molecule has 0 bridgehead atoms. The van der Waals surface area contributed by atoms with Crippen molar-refractivity contribution in [2.24, 2.45) is 0 Å². The summed E-state index contributed by atoms with van der Waals surface area (Å²) in [5.41, 5.74) is 0.973. The molecule has 18 heavy (non-hydrogen) atoms. The lowest BCUT2D eigenvalue weighted by Gasteiger charge is -2.07. The zero-order chi connectivity index (χ0) is 12.5. The fraction of sp³-hybridized carbons (Fsp3) is 0.231. The predicted molar refractivity (Wildman–Crippen MR) is 76.4 cm³/mol. The summed E-state index contributed by atoms with van der Waals surface area (Å²) >= 11 is 9.46. The van der Waals surface area contributed by atoms with Crippen molar-refractivity contribution < 1.29 is 0 Å². The molecular formula is C13H11BrClN3. The minimum atomic E-state index is 0.490. The quantitative estimate of drug-likeness (QED) is 0.844. The molecule has 1 N–H and O–H groups in total. The SMILES string of the molecule is Clc1cc(Nc2cccc(Br)c2)nc(C2CC2)n1. The first-order chi connectivity index (χ1) is 8.70. The van der Waals surface area contributed by atoms with E-state index in [1.807, 2.05) is 24.3 Å². The van der Waals surface area contributed by atoms with Gasteiger partial charge in [-0.25, -0.2) is 9.97 Å². The van der Waals surface area contributed by atoms with Gasteiger partial charge in [0, 0.05) is 22.1 Å². The Balaban J connectivity index is 1.87. The molecule has 2 aromatic rings. The van der Waals surface area contributed by atoms with Gasteiger partial charge >= 0.3 is 0 Å². The lowest BCUT2D eigenvalue weighted by atomic mass is 10.3. The van der Waals surface area contributed by atoms with Gasteiger partial charge in [0.2, 0.25) is 0 Å². The topological polar surface area (TPSA) is 37.8 Å². The van der Waals surface area contributed by atoms with Crippen LogP contribution in [0.5, 0.6) is 0 Å². The first kappa shape index (κ1) is 11.9. The molecule has 0 amide bonds. The van der Waals surface area contributed by atoms with E-state index in [-0.39, 0.29) is 0 Å². The van der Waals surface area contributed by atoms with Gasteiger partial charge in [0.25, 0.3) is 0 Å². The smallest absolute Gasteiger partial charge is 0.135 e. The molecule has 0 unspecified atom stereocenters. The zero-order valence-corrected chi connectivity index (χ0v) is 11.9. The summed E-state index contributed by atoms with van der Waals surface area (Å²) in [5, 5.41) is 3.73. The first-order valence-corrected chi connectivity index (χ1v) is 6.95. The molecule has 5 heteroatoms. The summed E-state index contributed by atoms with van der Waals surface area (Å²) in [6, 6.07) is 9.67. The van der Waals surface area contributed by atoms with Crippen molar-refractivity contribution >= 4 is 39.0 Å². The molecule has 1 aromatic heterocycles. The number of nitrogens with one attached hydrogen (secondary N) is 1. The number of hydrogen-bond acceptors (Lipinski definition) is 3. The number of benzene rings is 1. The Bertz CT molecular complexity index is 584. The van der Waals surface area contributed by atoms with E-state index < -0.39 is 0 Å². The third kappa shape index (κ3) is 2.82. The molecular weight excluding hydrogens is 314 g/mol. The lowest BCUT2D eigenvalue weighted by molar-refractivity contribution is 0.931. The monoisotopic (exact) mass is 323 g/mol. The molecule has 0 aliphatic heterocycles. The van der Waals surface area contributed by atoms with Gasteiger partial charge in [0.15, 0.2) is 0 Å². The Labute approximate surface area is 119 Å². The van der Waals surface area contributed by atoms with Crippen molar-refractivity contribution in [3.05, 3.63) is 45.8 Å². The van der Waals surface area contributed by atoms with Crippen LogP contribution in [0.2, 0.25) is 5.15 Å². The number of halogens is 2. The summed E-state index contributed by atoms with van der Waals surface area (Å²) in [5.74, 6) is 2.08. The van der Waals surface area contributed by atoms with Crippen molar-refractivity contribution in [2.45, 2.75) is 18.8 Å². The van der Waals surface area contributed by atoms with Gasteiger partial charge in [-0.15, -0.1) is 0 Å². The molecule has 1 fully saturated rings. The lowest BCUT2D eigenvalue weighted by Crippen LogP contribution is -1.99. The Hall–Kier alpha value is -1.13. The van der Waals surface area contributed by atoms with Crippen molar-refractivity contribution in [1.29, 1.82) is 0 Å². The number of aromatic nitrogens is 2. The van der Waals surface area contributed by atoms with Crippen molar-refractivity contribution in [1.82, 2.24) is 9.97 Å². The van der Waals surface area contributed by atoms with Gasteiger partial charge in [-0.2, -0.15) is 0 Å². The maximum atomic E-state index is 6.02. The maximum Gasteiger partial charge on any atom is 0.135 e. The molecule has 1 aromatic carbocycles. The molecule has 1 saturated carbocycles. The van der Waals surface area contributed by atoms with Gasteiger partial charge < -0.3 is 5.32 Å². The number of rotatable bonds is 3. The molecule has 3 rings (SSSR count). The molecule has 92 valence electrons. The van der Waals surface area contributed by atoms with Crippen LogP contribution >= 0.6 is 27.5 Å². The normalized spacial score (nSPS) is 14.6. The third-order valence-electron chi connectivity index (χ3n) is 2.75. The van der Waals surface area contributed by atoms with E-state index >= 15 is 0 Å². The Morgan fingerprint density at radius 3 is 2.78 bits per heavy atom. The molecule has 0 atom stereocenters. The highest BCUT2D eigenvalue weighted by Gasteiger charge is 2.27. The van der Waals surface area contributed by atoms with Crippen molar-refractivity contribution in [3.8, 4) is 0 Å². The van der Waals surface area contributed by atoms with Crippen LogP contribution < -0.4 is 5.32 Å². The van der Waals surface area contributed by atoms with Crippen molar-refractivity contribution in [2.75, 3.05) is 5.32 Å². The largest absolute Gasteiger partial charge is 0.340 e. The minimum Gasteiger partial charge on any atom is -0.340 e. The molecule has 0 radical (unpaired) electrons. The standard InChI is InChI=1S/C13H11BrClN3/c14-9-2-1-3-10(6-9)16-12-7-11(15)17-13(18-12)8-4-5-8/h1-3,6-8H,4-5H2,(H,16,17,18). The van der Waals surface area contributed by atoms with Crippen molar-refractivity contribution in [3.63, 3.8) is 0 Å². The second kappa shape index (κ2) is 4.86. The summed E-state index contributed by atoms with van der Waals surface area (Å²) in [6.07, 6.45) is 2.33. The second-order valence-corrected chi connectivity index (χ2v) is 5.65. The van der Waals surface area contributed by atoms with Crippen LogP contribution in [0.25, 0.3) is 0 Å². The average Bonchev–Trinajstić information content (AvgIpc) is 3.11. The second-order valence-electron chi connectivity index (χ2n) is 4.34. The van der Waals surface area contributed by atoms with Crippen LogP contribution in [0.15, 0.2) is 34.8 Å². The third-order valence-corrected chi connectivity index (χ3v) is 3.44. The minimum absolute atomic E-state index is 0.490. The highest BCUT2D eigenvalue weighted by atomic mass is 79.9. The average molecular weight is 325 g/mol. The van der Waals surface area contributed by atoms with Gasteiger partial charge in [-0.3, -0.25) is 0 Å². The summed E-state index contributed by atoms with van der Waals surface area (Å²) in [4.78, 5) is 8.76. The molecule has 1 aliphatic rings. The summed E-state index contributed by atoms with van der Waals surface area (Å²) in [7, 11) is 0. The van der Waals surface area contributed by atoms with E-state index in [2.05, 4.69) is 31.2 Å². The molecule has 1 heterocycles. The molecule has 0 saturated heterocycles. The fourth-order valence-corrected chi connectivity index (χ4v) is 2.33. The van der Waals surface area contributed by atoms with Crippen LogP contribution in [-0.2, 0) is 0 Å². The van der Waals surface area contributed by atoms with E-state index in [1.165, 1.54) is 0 Å². The first-order valence-electron chi connectivity index (χ1n) is 5.78. The Morgan fingerprint density at radius 2 is 2.06 bits per heavy atom. The number of anilines is 2. The van der Waals surface area contributed by atoms with Crippen LogP contribution in [0, 0.1) is 0 Å².